The molecule has 15 heavy (non-hydrogen) atoms. The van der Waals surface area contributed by atoms with Crippen LogP contribution in [0.1, 0.15) is 19.7 Å². The topological polar surface area (TPSA) is 54.5 Å². The molecule has 0 aromatic carbocycles. The van der Waals surface area contributed by atoms with Gasteiger partial charge in [0.05, 0.1) is 12.0 Å². The first-order chi connectivity index (χ1) is 7.17. The van der Waals surface area contributed by atoms with Crippen molar-refractivity contribution in [3.8, 4) is 6.07 Å². The van der Waals surface area contributed by atoms with Crippen molar-refractivity contribution < 1.29 is 0 Å². The molecular formula is C10H15BrN4. The molecule has 0 saturated heterocycles. The van der Waals surface area contributed by atoms with Crippen molar-refractivity contribution in [2.24, 2.45) is 11.8 Å². The van der Waals surface area contributed by atoms with Gasteiger partial charge in [0.25, 0.3) is 0 Å². The van der Waals surface area contributed by atoms with E-state index < -0.39 is 0 Å². The molecule has 1 unspecified atom stereocenters. The van der Waals surface area contributed by atoms with Crippen LogP contribution in [0.15, 0.2) is 6.33 Å². The minimum absolute atomic E-state index is 0.0277. The van der Waals surface area contributed by atoms with Crippen LogP contribution in [0.3, 0.4) is 0 Å². The number of hydrogen-bond acceptors (Lipinski definition) is 3. The van der Waals surface area contributed by atoms with Gasteiger partial charge in [-0.2, -0.15) is 10.4 Å². The third-order valence-corrected chi connectivity index (χ3v) is 2.81. The van der Waals surface area contributed by atoms with Gasteiger partial charge in [0.2, 0.25) is 0 Å². The first-order valence-corrected chi connectivity index (χ1v) is 6.11. The van der Waals surface area contributed by atoms with E-state index in [1.165, 1.54) is 0 Å². The maximum absolute atomic E-state index is 8.86. The van der Waals surface area contributed by atoms with Gasteiger partial charge in [-0.15, -0.1) is 0 Å². The summed E-state index contributed by atoms with van der Waals surface area (Å²) in [7, 11) is 0. The Hall–Kier alpha value is -0.890. The average molecular weight is 271 g/mol. The quantitative estimate of drug-likeness (QED) is 0.770. The number of aromatic nitrogens is 3. The molecule has 0 aliphatic rings. The van der Waals surface area contributed by atoms with E-state index in [4.69, 9.17) is 5.26 Å². The highest BCUT2D eigenvalue weighted by atomic mass is 79.9. The Kier molecular flexibility index (Phi) is 4.76. The lowest BCUT2D eigenvalue weighted by molar-refractivity contribution is 0.460. The molecule has 0 saturated carbocycles. The molecule has 0 bridgehead atoms. The molecule has 1 aromatic heterocycles. The molecule has 1 aromatic rings. The van der Waals surface area contributed by atoms with Crippen molar-refractivity contribution in [2.45, 2.75) is 26.8 Å². The van der Waals surface area contributed by atoms with E-state index in [1.54, 1.807) is 6.33 Å². The molecular weight excluding hydrogens is 256 g/mol. The van der Waals surface area contributed by atoms with Crippen LogP contribution < -0.4 is 0 Å². The van der Waals surface area contributed by atoms with Gasteiger partial charge in [-0.3, -0.25) is 0 Å². The van der Waals surface area contributed by atoms with E-state index in [0.29, 0.717) is 17.7 Å². The Morgan fingerprint density at radius 3 is 2.87 bits per heavy atom. The van der Waals surface area contributed by atoms with Crippen molar-refractivity contribution in [2.75, 3.05) is 5.33 Å². The zero-order valence-electron chi connectivity index (χ0n) is 9.02. The molecule has 0 amide bonds. The van der Waals surface area contributed by atoms with Crippen LogP contribution in [0.25, 0.3) is 0 Å². The van der Waals surface area contributed by atoms with E-state index in [1.807, 2.05) is 4.68 Å². The molecule has 4 nitrogen and oxygen atoms in total. The number of nitriles is 1. The summed E-state index contributed by atoms with van der Waals surface area (Å²) < 4.78 is 1.89. The number of rotatable bonds is 5. The third kappa shape index (κ3) is 3.63. The van der Waals surface area contributed by atoms with E-state index in [-0.39, 0.29) is 5.92 Å². The second-order valence-corrected chi connectivity index (χ2v) is 4.58. The monoisotopic (exact) mass is 270 g/mol. The fraction of sp³-hybridized carbons (Fsp3) is 0.700. The van der Waals surface area contributed by atoms with Crippen molar-refractivity contribution in [3.05, 3.63) is 12.2 Å². The Morgan fingerprint density at radius 1 is 1.60 bits per heavy atom. The van der Waals surface area contributed by atoms with E-state index >= 15 is 0 Å². The van der Waals surface area contributed by atoms with Gasteiger partial charge < -0.3 is 0 Å². The summed E-state index contributed by atoms with van der Waals surface area (Å²) >= 11 is 3.32. The van der Waals surface area contributed by atoms with E-state index in [9.17, 15) is 0 Å². The Balaban J connectivity index is 2.69. The second kappa shape index (κ2) is 5.86. The van der Waals surface area contributed by atoms with Gasteiger partial charge in [-0.25, -0.2) is 9.67 Å². The normalized spacial score (nSPS) is 12.7. The van der Waals surface area contributed by atoms with Crippen LogP contribution in [-0.4, -0.2) is 20.1 Å². The maximum Gasteiger partial charge on any atom is 0.138 e. The molecule has 1 heterocycles. The van der Waals surface area contributed by atoms with Crippen molar-refractivity contribution in [3.63, 3.8) is 0 Å². The fourth-order valence-electron chi connectivity index (χ4n) is 1.30. The summed E-state index contributed by atoms with van der Waals surface area (Å²) in [6.07, 6.45) is 2.22. The van der Waals surface area contributed by atoms with Crippen LogP contribution in [0, 0.1) is 23.2 Å². The second-order valence-electron chi connectivity index (χ2n) is 3.94. The van der Waals surface area contributed by atoms with Crippen LogP contribution in [0.4, 0.5) is 0 Å². The fourth-order valence-corrected chi connectivity index (χ4v) is 1.67. The summed E-state index contributed by atoms with van der Waals surface area (Å²) in [5.41, 5.74) is 0. The van der Waals surface area contributed by atoms with Crippen LogP contribution in [-0.2, 0) is 13.0 Å². The average Bonchev–Trinajstić information content (AvgIpc) is 2.61. The third-order valence-electron chi connectivity index (χ3n) is 2.03. The Morgan fingerprint density at radius 2 is 2.33 bits per heavy atom. The molecule has 1 atom stereocenters. The van der Waals surface area contributed by atoms with Gasteiger partial charge in [0.1, 0.15) is 12.2 Å². The molecule has 0 aliphatic heterocycles. The summed E-state index contributed by atoms with van der Waals surface area (Å²) in [6.45, 7) is 5.13. The van der Waals surface area contributed by atoms with E-state index in [0.717, 1.165) is 12.4 Å². The summed E-state index contributed by atoms with van der Waals surface area (Å²) in [5, 5.41) is 13.7. The van der Waals surface area contributed by atoms with E-state index in [2.05, 4.69) is 45.9 Å². The Labute approximate surface area is 98.4 Å². The molecule has 1 rings (SSSR count). The van der Waals surface area contributed by atoms with Gasteiger partial charge in [0, 0.05) is 18.3 Å². The summed E-state index contributed by atoms with van der Waals surface area (Å²) in [4.78, 5) is 4.18. The predicted octanol–water partition coefficient (Wildman–Crippen LogP) is 2.01. The van der Waals surface area contributed by atoms with Gasteiger partial charge >= 0.3 is 0 Å². The molecule has 0 N–H and O–H groups in total. The minimum atomic E-state index is -0.0277. The maximum atomic E-state index is 8.86. The highest BCUT2D eigenvalue weighted by Gasteiger charge is 2.12. The van der Waals surface area contributed by atoms with Gasteiger partial charge in [-0.1, -0.05) is 29.8 Å². The van der Waals surface area contributed by atoms with Crippen molar-refractivity contribution in [1.29, 1.82) is 5.26 Å². The van der Waals surface area contributed by atoms with Gasteiger partial charge in [0.15, 0.2) is 0 Å². The zero-order chi connectivity index (χ0) is 11.3. The Bertz CT molecular complexity index is 339. The zero-order valence-corrected chi connectivity index (χ0v) is 10.6. The summed E-state index contributed by atoms with van der Waals surface area (Å²) in [5.74, 6) is 1.41. The smallest absolute Gasteiger partial charge is 0.138 e. The molecule has 0 fully saturated rings. The van der Waals surface area contributed by atoms with Crippen LogP contribution >= 0.6 is 15.9 Å². The highest BCUT2D eigenvalue weighted by Crippen LogP contribution is 2.09. The number of halogens is 1. The van der Waals surface area contributed by atoms with Gasteiger partial charge in [-0.05, 0) is 5.92 Å². The standard InChI is InChI=1S/C10H15BrN4/c1-8(2)6-15-10(13-7-14-15)3-9(4-11)5-12/h7-9H,3-4,6H2,1-2H3. The molecule has 0 radical (unpaired) electrons. The number of alkyl halides is 1. The first kappa shape index (κ1) is 12.2. The molecule has 82 valence electrons. The molecule has 0 spiro atoms. The van der Waals surface area contributed by atoms with Crippen LogP contribution in [0.2, 0.25) is 0 Å². The lowest BCUT2D eigenvalue weighted by atomic mass is 10.1. The molecule has 0 aliphatic carbocycles. The minimum Gasteiger partial charge on any atom is -0.250 e. The van der Waals surface area contributed by atoms with Crippen molar-refractivity contribution in [1.82, 2.24) is 14.8 Å². The predicted molar refractivity (Wildman–Crippen MR) is 61.5 cm³/mol. The summed E-state index contributed by atoms with van der Waals surface area (Å²) in [6, 6.07) is 2.24. The largest absolute Gasteiger partial charge is 0.250 e. The lowest BCUT2D eigenvalue weighted by Gasteiger charge is -2.09. The van der Waals surface area contributed by atoms with Crippen LogP contribution in [0.5, 0.6) is 0 Å². The lowest BCUT2D eigenvalue weighted by Crippen LogP contribution is -2.14. The highest BCUT2D eigenvalue weighted by molar-refractivity contribution is 9.09. The number of hydrogen-bond donors (Lipinski definition) is 0. The van der Waals surface area contributed by atoms with Crippen molar-refractivity contribution >= 4 is 15.9 Å². The molecule has 5 heteroatoms. The first-order valence-electron chi connectivity index (χ1n) is 4.99. The number of nitrogens with zero attached hydrogens (tertiary/aromatic N) is 4. The SMILES string of the molecule is CC(C)Cn1ncnc1CC(C#N)CBr.